The molecule has 0 radical (unpaired) electrons. The molecule has 19 heavy (non-hydrogen) atoms. The predicted molar refractivity (Wildman–Crippen MR) is 77.8 cm³/mol. The Morgan fingerprint density at radius 3 is 2.63 bits per heavy atom. The highest BCUT2D eigenvalue weighted by Gasteiger charge is 2.12. The minimum atomic E-state index is -3.32. The molecule has 3 N–H and O–H groups in total. The lowest BCUT2D eigenvalue weighted by Crippen LogP contribution is -2.33. The maximum atomic E-state index is 11.9. The van der Waals surface area contributed by atoms with Gasteiger partial charge in [0.25, 0.3) is 5.91 Å². The Morgan fingerprint density at radius 2 is 2.11 bits per heavy atom. The zero-order valence-corrected chi connectivity index (χ0v) is 12.3. The fraction of sp³-hybridized carbons (Fsp3) is 0.333. The van der Waals surface area contributed by atoms with Crippen molar-refractivity contribution in [3.8, 4) is 0 Å². The third kappa shape index (κ3) is 4.60. The molecular weight excluding hydrogens is 284 g/mol. The molecule has 0 saturated heterocycles. The first-order valence-electron chi connectivity index (χ1n) is 5.59. The summed E-state index contributed by atoms with van der Waals surface area (Å²) in [4.78, 5) is 12.3. The van der Waals surface area contributed by atoms with Gasteiger partial charge >= 0.3 is 0 Å². The Morgan fingerprint density at radius 1 is 1.47 bits per heavy atom. The van der Waals surface area contributed by atoms with Crippen molar-refractivity contribution in [2.24, 2.45) is 11.7 Å². The average Bonchev–Trinajstić information content (AvgIpc) is 2.34. The number of nitrogens with two attached hydrogens (primary N) is 1. The summed E-state index contributed by atoms with van der Waals surface area (Å²) in [6.45, 7) is 2.12. The summed E-state index contributed by atoms with van der Waals surface area (Å²) in [5, 5.41) is 2.66. The Kier molecular flexibility index (Phi) is 5.02. The Hall–Kier alpha value is -1.47. The molecule has 0 aliphatic carbocycles. The molecule has 0 saturated carbocycles. The number of nitrogens with one attached hydrogen (secondary N) is 1. The van der Waals surface area contributed by atoms with Crippen LogP contribution in [0.15, 0.2) is 29.2 Å². The molecule has 0 heterocycles. The molecule has 104 valence electrons. The summed E-state index contributed by atoms with van der Waals surface area (Å²) in [5.41, 5.74) is 5.73. The quantitative estimate of drug-likeness (QED) is 0.783. The van der Waals surface area contributed by atoms with E-state index < -0.39 is 9.84 Å². The second-order valence-electron chi connectivity index (χ2n) is 4.31. The van der Waals surface area contributed by atoms with Gasteiger partial charge in [-0.25, -0.2) is 8.42 Å². The normalized spacial score (nSPS) is 12.7. The number of carbonyl (C=O) groups is 1. The molecule has 5 nitrogen and oxygen atoms in total. The molecule has 0 bridgehead atoms. The maximum absolute atomic E-state index is 11.9. The first-order chi connectivity index (χ1) is 8.71. The molecule has 7 heteroatoms. The van der Waals surface area contributed by atoms with E-state index in [-0.39, 0.29) is 22.3 Å². The third-order valence-corrected chi connectivity index (χ3v) is 4.09. The van der Waals surface area contributed by atoms with Crippen molar-refractivity contribution in [3.63, 3.8) is 0 Å². The van der Waals surface area contributed by atoms with Crippen LogP contribution in [0.5, 0.6) is 0 Å². The van der Waals surface area contributed by atoms with Crippen LogP contribution in [-0.2, 0) is 9.84 Å². The van der Waals surface area contributed by atoms with Gasteiger partial charge in [0.05, 0.1) is 9.88 Å². The number of hydrogen-bond donors (Lipinski definition) is 2. The minimum absolute atomic E-state index is 0.113. The van der Waals surface area contributed by atoms with Gasteiger partial charge in [-0.05, 0) is 18.2 Å². The summed E-state index contributed by atoms with van der Waals surface area (Å²) in [5.74, 6) is -0.467. The van der Waals surface area contributed by atoms with Crippen molar-refractivity contribution in [3.05, 3.63) is 29.8 Å². The van der Waals surface area contributed by atoms with Crippen molar-refractivity contribution in [2.45, 2.75) is 11.8 Å². The summed E-state index contributed by atoms with van der Waals surface area (Å²) in [6.07, 6.45) is 1.10. The van der Waals surface area contributed by atoms with E-state index in [1.54, 1.807) is 13.0 Å². The molecule has 0 aromatic heterocycles. The first kappa shape index (κ1) is 15.6. The van der Waals surface area contributed by atoms with E-state index in [1.165, 1.54) is 18.2 Å². The summed E-state index contributed by atoms with van der Waals surface area (Å²) < 4.78 is 22.8. The van der Waals surface area contributed by atoms with Gasteiger partial charge in [-0.15, -0.1) is 0 Å². The molecule has 1 amide bonds. The Balaban J connectivity index is 2.81. The molecule has 0 aliphatic heterocycles. The molecule has 1 rings (SSSR count). The van der Waals surface area contributed by atoms with E-state index >= 15 is 0 Å². The standard InChI is InChI=1S/C12H16N2O3S2/c1-8(11(13)18)7-14-12(15)9-4-3-5-10(6-9)19(2,16)17/h3-6,8H,7H2,1-2H3,(H2,13,18)(H,14,15). The van der Waals surface area contributed by atoms with Gasteiger partial charge in [0.15, 0.2) is 9.84 Å². The van der Waals surface area contributed by atoms with Crippen LogP contribution < -0.4 is 11.1 Å². The number of thiocarbonyl (C=S) groups is 1. The molecule has 0 spiro atoms. The van der Waals surface area contributed by atoms with Crippen LogP contribution in [0.3, 0.4) is 0 Å². The van der Waals surface area contributed by atoms with Crippen LogP contribution in [0.1, 0.15) is 17.3 Å². The highest BCUT2D eigenvalue weighted by Crippen LogP contribution is 2.11. The SMILES string of the molecule is CC(CNC(=O)c1cccc(S(C)(=O)=O)c1)C(N)=S. The number of rotatable bonds is 5. The largest absolute Gasteiger partial charge is 0.393 e. The lowest BCUT2D eigenvalue weighted by Gasteiger charge is -2.11. The molecule has 1 atom stereocenters. The summed E-state index contributed by atoms with van der Waals surface area (Å²) >= 11 is 4.80. The Bertz CT molecular complexity index is 597. The van der Waals surface area contributed by atoms with Crippen LogP contribution in [0.25, 0.3) is 0 Å². The van der Waals surface area contributed by atoms with Gasteiger partial charge in [0.1, 0.15) is 0 Å². The van der Waals surface area contributed by atoms with Gasteiger partial charge in [-0.1, -0.05) is 25.2 Å². The first-order valence-corrected chi connectivity index (χ1v) is 7.89. The predicted octanol–water partition coefficient (Wildman–Crippen LogP) is 0.742. The van der Waals surface area contributed by atoms with Crippen LogP contribution in [-0.4, -0.2) is 32.1 Å². The van der Waals surface area contributed by atoms with E-state index in [9.17, 15) is 13.2 Å². The maximum Gasteiger partial charge on any atom is 0.251 e. The number of benzene rings is 1. The van der Waals surface area contributed by atoms with Gasteiger partial charge in [-0.3, -0.25) is 4.79 Å². The smallest absolute Gasteiger partial charge is 0.251 e. The van der Waals surface area contributed by atoms with Crippen molar-refractivity contribution in [1.29, 1.82) is 0 Å². The third-order valence-electron chi connectivity index (χ3n) is 2.58. The lowest BCUT2D eigenvalue weighted by molar-refractivity contribution is 0.0951. The van der Waals surface area contributed by atoms with Crippen molar-refractivity contribution < 1.29 is 13.2 Å². The zero-order valence-electron chi connectivity index (χ0n) is 10.7. The number of sulfone groups is 1. The summed E-state index contributed by atoms with van der Waals surface area (Å²) in [7, 11) is -3.32. The number of carbonyl (C=O) groups excluding carboxylic acids is 1. The van der Waals surface area contributed by atoms with E-state index in [0.717, 1.165) is 6.26 Å². The van der Waals surface area contributed by atoms with Gasteiger partial charge in [0, 0.05) is 24.3 Å². The van der Waals surface area contributed by atoms with Crippen molar-refractivity contribution >= 4 is 33.0 Å². The lowest BCUT2D eigenvalue weighted by atomic mass is 10.1. The highest BCUT2D eigenvalue weighted by atomic mass is 32.2. The molecule has 1 aromatic rings. The number of hydrogen-bond acceptors (Lipinski definition) is 4. The fourth-order valence-electron chi connectivity index (χ4n) is 1.32. The van der Waals surface area contributed by atoms with Gasteiger partial charge in [0.2, 0.25) is 0 Å². The zero-order chi connectivity index (χ0) is 14.6. The average molecular weight is 300 g/mol. The Labute approximate surface area is 118 Å². The van der Waals surface area contributed by atoms with Crippen molar-refractivity contribution in [2.75, 3.05) is 12.8 Å². The van der Waals surface area contributed by atoms with Crippen LogP contribution in [0.4, 0.5) is 0 Å². The van der Waals surface area contributed by atoms with E-state index in [1.807, 2.05) is 0 Å². The fourth-order valence-corrected chi connectivity index (χ4v) is 2.07. The van der Waals surface area contributed by atoms with E-state index in [2.05, 4.69) is 5.32 Å². The van der Waals surface area contributed by atoms with E-state index in [0.29, 0.717) is 11.5 Å². The highest BCUT2D eigenvalue weighted by molar-refractivity contribution is 7.90. The molecule has 1 aromatic carbocycles. The topological polar surface area (TPSA) is 89.3 Å². The van der Waals surface area contributed by atoms with Crippen LogP contribution in [0, 0.1) is 5.92 Å². The monoisotopic (exact) mass is 300 g/mol. The van der Waals surface area contributed by atoms with Gasteiger partial charge < -0.3 is 11.1 Å². The molecule has 1 unspecified atom stereocenters. The number of amides is 1. The molecule has 0 fully saturated rings. The van der Waals surface area contributed by atoms with Crippen LogP contribution in [0.2, 0.25) is 0 Å². The summed E-state index contributed by atoms with van der Waals surface area (Å²) in [6, 6.07) is 5.87. The van der Waals surface area contributed by atoms with Gasteiger partial charge in [-0.2, -0.15) is 0 Å². The molecular formula is C12H16N2O3S2. The minimum Gasteiger partial charge on any atom is -0.393 e. The van der Waals surface area contributed by atoms with Crippen molar-refractivity contribution in [1.82, 2.24) is 5.32 Å². The van der Waals surface area contributed by atoms with E-state index in [4.69, 9.17) is 18.0 Å². The second-order valence-corrected chi connectivity index (χ2v) is 6.80. The van der Waals surface area contributed by atoms with Crippen LogP contribution >= 0.6 is 12.2 Å². The molecule has 0 aliphatic rings. The second kappa shape index (κ2) is 6.12.